The number of nitrogens with zero attached hydrogens (tertiary/aromatic N) is 2. The van der Waals surface area contributed by atoms with Gasteiger partial charge in [0.25, 0.3) is 0 Å². The number of hydrogen-bond donors (Lipinski definition) is 2. The van der Waals surface area contributed by atoms with E-state index in [1.807, 2.05) is 12.1 Å². The maximum absolute atomic E-state index is 9.50. The van der Waals surface area contributed by atoms with Gasteiger partial charge in [-0.05, 0) is 43.7 Å². The highest BCUT2D eigenvalue weighted by Gasteiger charge is 2.12. The van der Waals surface area contributed by atoms with Crippen LogP contribution in [0.25, 0.3) is 10.9 Å². The summed E-state index contributed by atoms with van der Waals surface area (Å²) in [6.45, 7) is 4.50. The molecule has 0 amide bonds. The van der Waals surface area contributed by atoms with Crippen LogP contribution in [0.4, 0.5) is 5.95 Å². The van der Waals surface area contributed by atoms with Gasteiger partial charge in [0.2, 0.25) is 5.95 Å². The smallest absolute Gasteiger partial charge is 0.220 e. The standard InChI is InChI=1S/C17H25N3O/c1-3-4-7-13(11-21)9-10-15-16-12(2)6-5-8-14(16)19-17(18)20-15/h5-6,8,13,21H,3-4,7,9-11H2,1-2H3,(H2,18,19,20)/t13-/m0/s1. The molecule has 1 heterocycles. The molecular weight excluding hydrogens is 262 g/mol. The van der Waals surface area contributed by atoms with Gasteiger partial charge >= 0.3 is 0 Å². The van der Waals surface area contributed by atoms with Gasteiger partial charge in [0, 0.05) is 12.0 Å². The van der Waals surface area contributed by atoms with E-state index in [1.54, 1.807) is 0 Å². The molecule has 1 aromatic heterocycles. The Kier molecular flexibility index (Phi) is 5.51. The van der Waals surface area contributed by atoms with Crippen molar-refractivity contribution in [2.24, 2.45) is 5.92 Å². The molecule has 0 aliphatic heterocycles. The third kappa shape index (κ3) is 3.91. The molecule has 4 nitrogen and oxygen atoms in total. The van der Waals surface area contributed by atoms with E-state index in [1.165, 1.54) is 12.0 Å². The molecule has 114 valence electrons. The summed E-state index contributed by atoms with van der Waals surface area (Å²) in [5.41, 5.74) is 8.91. The third-order valence-corrected chi connectivity index (χ3v) is 4.04. The van der Waals surface area contributed by atoms with E-state index in [9.17, 15) is 5.11 Å². The molecule has 1 aromatic carbocycles. The van der Waals surface area contributed by atoms with Crippen LogP contribution in [0.2, 0.25) is 0 Å². The van der Waals surface area contributed by atoms with Crippen LogP contribution in [0.1, 0.15) is 43.9 Å². The van der Waals surface area contributed by atoms with Crippen molar-refractivity contribution < 1.29 is 5.11 Å². The number of aromatic nitrogens is 2. The lowest BCUT2D eigenvalue weighted by Crippen LogP contribution is -2.09. The van der Waals surface area contributed by atoms with Crippen molar-refractivity contribution in [2.75, 3.05) is 12.3 Å². The Morgan fingerprint density at radius 3 is 2.76 bits per heavy atom. The second-order valence-corrected chi connectivity index (χ2v) is 5.73. The molecule has 2 aromatic rings. The number of fused-ring (bicyclic) bond motifs is 1. The van der Waals surface area contributed by atoms with E-state index >= 15 is 0 Å². The maximum Gasteiger partial charge on any atom is 0.220 e. The Balaban J connectivity index is 2.21. The first-order chi connectivity index (χ1) is 10.2. The third-order valence-electron chi connectivity index (χ3n) is 4.04. The van der Waals surface area contributed by atoms with Crippen LogP contribution >= 0.6 is 0 Å². The van der Waals surface area contributed by atoms with Gasteiger partial charge in [0.05, 0.1) is 11.2 Å². The maximum atomic E-state index is 9.50. The number of aliphatic hydroxyl groups excluding tert-OH is 1. The van der Waals surface area contributed by atoms with E-state index in [-0.39, 0.29) is 6.61 Å². The number of nitrogen functional groups attached to an aromatic ring is 1. The van der Waals surface area contributed by atoms with Gasteiger partial charge in [-0.3, -0.25) is 0 Å². The van der Waals surface area contributed by atoms with Gasteiger partial charge < -0.3 is 10.8 Å². The quantitative estimate of drug-likeness (QED) is 0.820. The van der Waals surface area contributed by atoms with Crippen molar-refractivity contribution in [2.45, 2.75) is 46.0 Å². The molecule has 0 aliphatic rings. The first-order valence-corrected chi connectivity index (χ1v) is 7.78. The molecule has 0 fully saturated rings. The molecule has 0 spiro atoms. The van der Waals surface area contributed by atoms with E-state index in [0.717, 1.165) is 42.3 Å². The van der Waals surface area contributed by atoms with Crippen LogP contribution in [-0.4, -0.2) is 21.7 Å². The zero-order valence-electron chi connectivity index (χ0n) is 13.0. The number of nitrogens with two attached hydrogens (primary N) is 1. The number of benzene rings is 1. The molecule has 0 aliphatic carbocycles. The average molecular weight is 287 g/mol. The minimum atomic E-state index is 0.248. The normalized spacial score (nSPS) is 12.7. The molecule has 0 unspecified atom stereocenters. The molecule has 2 rings (SSSR count). The second-order valence-electron chi connectivity index (χ2n) is 5.73. The molecule has 4 heteroatoms. The zero-order valence-corrected chi connectivity index (χ0v) is 13.0. The fourth-order valence-electron chi connectivity index (χ4n) is 2.80. The lowest BCUT2D eigenvalue weighted by molar-refractivity contribution is 0.208. The van der Waals surface area contributed by atoms with Crippen LogP contribution in [0.5, 0.6) is 0 Å². The Labute approximate surface area is 126 Å². The van der Waals surface area contributed by atoms with Crippen LogP contribution in [0.3, 0.4) is 0 Å². The summed E-state index contributed by atoms with van der Waals surface area (Å²) in [5, 5.41) is 10.6. The van der Waals surface area contributed by atoms with Crippen LogP contribution < -0.4 is 5.73 Å². The van der Waals surface area contributed by atoms with Gasteiger partial charge in [-0.1, -0.05) is 31.9 Å². The van der Waals surface area contributed by atoms with Gasteiger partial charge in [0.15, 0.2) is 0 Å². The fraction of sp³-hybridized carbons (Fsp3) is 0.529. The van der Waals surface area contributed by atoms with Crippen LogP contribution in [0, 0.1) is 12.8 Å². The summed E-state index contributed by atoms with van der Waals surface area (Å²) in [4.78, 5) is 8.75. The zero-order chi connectivity index (χ0) is 15.2. The van der Waals surface area contributed by atoms with Gasteiger partial charge in [-0.2, -0.15) is 0 Å². The fourth-order valence-corrected chi connectivity index (χ4v) is 2.80. The molecule has 0 bridgehead atoms. The van der Waals surface area contributed by atoms with E-state index in [0.29, 0.717) is 11.9 Å². The lowest BCUT2D eigenvalue weighted by Gasteiger charge is -2.14. The van der Waals surface area contributed by atoms with Crippen molar-refractivity contribution >= 4 is 16.9 Å². The van der Waals surface area contributed by atoms with E-state index < -0.39 is 0 Å². The second kappa shape index (κ2) is 7.36. The van der Waals surface area contributed by atoms with Crippen molar-refractivity contribution in [3.8, 4) is 0 Å². The van der Waals surface area contributed by atoms with Crippen molar-refractivity contribution in [1.82, 2.24) is 9.97 Å². The number of aliphatic hydroxyl groups is 1. The molecular formula is C17H25N3O. The summed E-state index contributed by atoms with van der Waals surface area (Å²) in [6.07, 6.45) is 5.18. The SMILES string of the molecule is CCCC[C@H](CO)CCc1nc(N)nc2cccc(C)c12. The predicted octanol–water partition coefficient (Wildman–Crippen LogP) is 3.25. The molecule has 0 saturated carbocycles. The van der Waals surface area contributed by atoms with Crippen molar-refractivity contribution in [3.63, 3.8) is 0 Å². The summed E-state index contributed by atoms with van der Waals surface area (Å²) in [5.74, 6) is 0.678. The van der Waals surface area contributed by atoms with E-state index in [4.69, 9.17) is 5.73 Å². The van der Waals surface area contributed by atoms with Gasteiger partial charge in [-0.25, -0.2) is 9.97 Å². The number of hydrogen-bond acceptors (Lipinski definition) is 4. The first kappa shape index (κ1) is 15.7. The Morgan fingerprint density at radius 1 is 1.24 bits per heavy atom. The average Bonchev–Trinajstić information content (AvgIpc) is 2.47. The monoisotopic (exact) mass is 287 g/mol. The Bertz CT molecular complexity index is 598. The van der Waals surface area contributed by atoms with Crippen molar-refractivity contribution in [1.29, 1.82) is 0 Å². The van der Waals surface area contributed by atoms with Gasteiger partial charge in [-0.15, -0.1) is 0 Å². The number of rotatable bonds is 7. The Morgan fingerprint density at radius 2 is 2.05 bits per heavy atom. The minimum absolute atomic E-state index is 0.248. The number of unbranched alkanes of at least 4 members (excludes halogenated alkanes) is 1. The topological polar surface area (TPSA) is 72.0 Å². The highest BCUT2D eigenvalue weighted by molar-refractivity contribution is 5.85. The molecule has 3 N–H and O–H groups in total. The molecule has 21 heavy (non-hydrogen) atoms. The lowest BCUT2D eigenvalue weighted by atomic mass is 9.95. The first-order valence-electron chi connectivity index (χ1n) is 7.78. The number of aryl methyl sites for hydroxylation is 2. The largest absolute Gasteiger partial charge is 0.396 e. The molecule has 0 saturated heterocycles. The van der Waals surface area contributed by atoms with Crippen molar-refractivity contribution in [3.05, 3.63) is 29.5 Å². The van der Waals surface area contributed by atoms with Crippen LogP contribution in [-0.2, 0) is 6.42 Å². The highest BCUT2D eigenvalue weighted by atomic mass is 16.3. The summed E-state index contributed by atoms with van der Waals surface area (Å²) in [6, 6.07) is 6.04. The summed E-state index contributed by atoms with van der Waals surface area (Å²) >= 11 is 0. The summed E-state index contributed by atoms with van der Waals surface area (Å²) < 4.78 is 0. The molecule has 1 atom stereocenters. The van der Waals surface area contributed by atoms with Gasteiger partial charge in [0.1, 0.15) is 0 Å². The summed E-state index contributed by atoms with van der Waals surface area (Å²) in [7, 11) is 0. The van der Waals surface area contributed by atoms with E-state index in [2.05, 4.69) is 29.9 Å². The Hall–Kier alpha value is -1.68. The number of anilines is 1. The highest BCUT2D eigenvalue weighted by Crippen LogP contribution is 2.24. The minimum Gasteiger partial charge on any atom is -0.396 e. The van der Waals surface area contributed by atoms with Crippen LogP contribution in [0.15, 0.2) is 18.2 Å². The predicted molar refractivity (Wildman–Crippen MR) is 87.1 cm³/mol. The molecule has 0 radical (unpaired) electrons.